The molecular weight excluding hydrogens is 414 g/mol. The minimum absolute atomic E-state index is 0.0473. The molecule has 3 heterocycles. The molecule has 0 aliphatic carbocycles. The summed E-state index contributed by atoms with van der Waals surface area (Å²) in [5.74, 6) is 1.95. The molecule has 1 unspecified atom stereocenters. The highest BCUT2D eigenvalue weighted by Gasteiger charge is 2.21. The lowest BCUT2D eigenvalue weighted by Gasteiger charge is -2.23. The van der Waals surface area contributed by atoms with Crippen LogP contribution < -0.4 is 14.8 Å². The molecular formula is C18H20BrN5O3. The van der Waals surface area contributed by atoms with Crippen LogP contribution in [-0.4, -0.2) is 40.3 Å². The third-order valence-electron chi connectivity index (χ3n) is 4.52. The van der Waals surface area contributed by atoms with Crippen molar-refractivity contribution in [2.75, 3.05) is 26.1 Å². The van der Waals surface area contributed by atoms with Crippen LogP contribution in [0.5, 0.6) is 11.5 Å². The Morgan fingerprint density at radius 1 is 1.22 bits per heavy atom. The minimum atomic E-state index is -0.0473. The number of fused-ring (bicyclic) bond motifs is 1. The molecule has 0 bridgehead atoms. The van der Waals surface area contributed by atoms with E-state index in [0.717, 1.165) is 37.2 Å². The number of benzene rings is 1. The van der Waals surface area contributed by atoms with Crippen LogP contribution in [0.1, 0.15) is 25.5 Å². The molecule has 1 aliphatic rings. The zero-order valence-corrected chi connectivity index (χ0v) is 16.7. The van der Waals surface area contributed by atoms with Crippen molar-refractivity contribution in [2.45, 2.75) is 25.5 Å². The summed E-state index contributed by atoms with van der Waals surface area (Å²) in [6.45, 7) is 0.755. The van der Waals surface area contributed by atoms with Crippen LogP contribution >= 0.6 is 15.9 Å². The first-order valence-electron chi connectivity index (χ1n) is 8.70. The Hall–Kier alpha value is -2.39. The normalized spacial score (nSPS) is 17.1. The first-order valence-corrected chi connectivity index (χ1v) is 9.49. The number of anilines is 2. The maximum Gasteiger partial charge on any atom is 0.200 e. The van der Waals surface area contributed by atoms with Gasteiger partial charge in [-0.15, -0.1) is 0 Å². The van der Waals surface area contributed by atoms with Gasteiger partial charge in [0.1, 0.15) is 17.7 Å². The maximum absolute atomic E-state index is 5.88. The molecule has 0 spiro atoms. The molecule has 1 aromatic carbocycles. The highest BCUT2D eigenvalue weighted by atomic mass is 79.9. The number of aromatic nitrogens is 4. The van der Waals surface area contributed by atoms with Crippen molar-refractivity contribution in [3.8, 4) is 11.5 Å². The topological polar surface area (TPSA) is 83.3 Å². The number of imidazole rings is 1. The number of hydrogen-bond donors (Lipinski definition) is 1. The van der Waals surface area contributed by atoms with Crippen molar-refractivity contribution in [3.63, 3.8) is 0 Å². The molecule has 2 aromatic heterocycles. The summed E-state index contributed by atoms with van der Waals surface area (Å²) in [6, 6.07) is 5.54. The van der Waals surface area contributed by atoms with Gasteiger partial charge >= 0.3 is 0 Å². The van der Waals surface area contributed by atoms with Crippen molar-refractivity contribution in [3.05, 3.63) is 29.3 Å². The first-order chi connectivity index (χ1) is 13.2. The van der Waals surface area contributed by atoms with Crippen LogP contribution in [0.15, 0.2) is 29.3 Å². The van der Waals surface area contributed by atoms with Crippen LogP contribution in [0.25, 0.3) is 11.2 Å². The number of methoxy groups -OCH3 is 2. The van der Waals surface area contributed by atoms with Crippen LogP contribution in [0.3, 0.4) is 0 Å². The summed E-state index contributed by atoms with van der Waals surface area (Å²) in [6.07, 6.45) is 4.88. The van der Waals surface area contributed by atoms with E-state index in [0.29, 0.717) is 27.6 Å². The molecule has 0 saturated carbocycles. The molecule has 142 valence electrons. The van der Waals surface area contributed by atoms with E-state index in [1.54, 1.807) is 20.5 Å². The molecule has 1 fully saturated rings. The van der Waals surface area contributed by atoms with E-state index >= 15 is 0 Å². The second-order valence-electron chi connectivity index (χ2n) is 6.18. The maximum atomic E-state index is 5.88. The van der Waals surface area contributed by atoms with E-state index < -0.39 is 0 Å². The lowest BCUT2D eigenvalue weighted by atomic mass is 10.2. The van der Waals surface area contributed by atoms with Gasteiger partial charge in [-0.05, 0) is 47.3 Å². The number of rotatable bonds is 5. The molecule has 1 atom stereocenters. The van der Waals surface area contributed by atoms with Gasteiger partial charge in [0, 0.05) is 12.7 Å². The summed E-state index contributed by atoms with van der Waals surface area (Å²) < 4.78 is 19.0. The summed E-state index contributed by atoms with van der Waals surface area (Å²) in [5, 5.41) is 3.30. The number of ether oxygens (including phenoxy) is 3. The zero-order valence-electron chi connectivity index (χ0n) is 15.1. The van der Waals surface area contributed by atoms with Crippen LogP contribution in [-0.2, 0) is 4.74 Å². The van der Waals surface area contributed by atoms with Crippen molar-refractivity contribution in [2.24, 2.45) is 0 Å². The molecule has 0 amide bonds. The Balaban J connectivity index is 1.73. The standard InChI is InChI=1S/C18H20BrN5O3/c1-25-11-6-7-12(13(9-11)26-2)21-16-15-17(23-18(19)22-16)24(10-20-15)14-5-3-4-8-27-14/h6-7,9-10,14H,3-5,8H2,1-2H3,(H,21,22,23). The van der Waals surface area contributed by atoms with Gasteiger partial charge < -0.3 is 19.5 Å². The molecule has 0 radical (unpaired) electrons. The van der Waals surface area contributed by atoms with E-state index in [-0.39, 0.29) is 6.23 Å². The predicted octanol–water partition coefficient (Wildman–Crippen LogP) is 4.05. The lowest BCUT2D eigenvalue weighted by Crippen LogP contribution is -2.17. The fourth-order valence-corrected chi connectivity index (χ4v) is 3.51. The van der Waals surface area contributed by atoms with Crippen molar-refractivity contribution >= 4 is 38.6 Å². The molecule has 27 heavy (non-hydrogen) atoms. The number of halogens is 1. The molecule has 8 nitrogen and oxygen atoms in total. The summed E-state index contributed by atoms with van der Waals surface area (Å²) in [7, 11) is 3.23. The Kier molecular flexibility index (Phi) is 5.13. The van der Waals surface area contributed by atoms with Crippen LogP contribution in [0, 0.1) is 0 Å². The first kappa shape index (κ1) is 18.0. The predicted molar refractivity (Wildman–Crippen MR) is 105 cm³/mol. The monoisotopic (exact) mass is 433 g/mol. The number of nitrogens with zero attached hydrogens (tertiary/aromatic N) is 4. The third-order valence-corrected chi connectivity index (χ3v) is 4.88. The zero-order chi connectivity index (χ0) is 18.8. The molecule has 4 rings (SSSR count). The van der Waals surface area contributed by atoms with Gasteiger partial charge in [0.15, 0.2) is 17.0 Å². The van der Waals surface area contributed by atoms with E-state index in [9.17, 15) is 0 Å². The van der Waals surface area contributed by atoms with Gasteiger partial charge in [-0.2, -0.15) is 0 Å². The number of nitrogens with one attached hydrogen (secondary N) is 1. The average Bonchev–Trinajstić information content (AvgIpc) is 3.12. The largest absolute Gasteiger partial charge is 0.497 e. The molecule has 9 heteroatoms. The van der Waals surface area contributed by atoms with E-state index in [1.807, 2.05) is 22.8 Å². The molecule has 1 saturated heterocycles. The van der Waals surface area contributed by atoms with Crippen molar-refractivity contribution in [1.82, 2.24) is 19.5 Å². The summed E-state index contributed by atoms with van der Waals surface area (Å²) >= 11 is 3.40. The summed E-state index contributed by atoms with van der Waals surface area (Å²) in [5.41, 5.74) is 2.15. The second kappa shape index (κ2) is 7.69. The smallest absolute Gasteiger partial charge is 0.200 e. The van der Waals surface area contributed by atoms with Gasteiger partial charge in [0.25, 0.3) is 0 Å². The second-order valence-corrected chi connectivity index (χ2v) is 6.89. The van der Waals surface area contributed by atoms with Crippen molar-refractivity contribution in [1.29, 1.82) is 0 Å². The Morgan fingerprint density at radius 3 is 2.85 bits per heavy atom. The molecule has 3 aromatic rings. The van der Waals surface area contributed by atoms with Gasteiger partial charge in [-0.3, -0.25) is 4.57 Å². The van der Waals surface area contributed by atoms with E-state index in [2.05, 4.69) is 36.2 Å². The number of hydrogen-bond acceptors (Lipinski definition) is 7. The van der Waals surface area contributed by atoms with Crippen LogP contribution in [0.2, 0.25) is 0 Å². The molecule has 1 N–H and O–H groups in total. The van der Waals surface area contributed by atoms with E-state index in [4.69, 9.17) is 14.2 Å². The van der Waals surface area contributed by atoms with Crippen molar-refractivity contribution < 1.29 is 14.2 Å². The van der Waals surface area contributed by atoms with Gasteiger partial charge in [-0.25, -0.2) is 15.0 Å². The lowest BCUT2D eigenvalue weighted by molar-refractivity contribution is -0.0298. The SMILES string of the molecule is COc1ccc(Nc2nc(Br)nc3c2ncn3C2CCCCO2)c(OC)c1. The Morgan fingerprint density at radius 2 is 2.11 bits per heavy atom. The fraction of sp³-hybridized carbons (Fsp3) is 0.389. The minimum Gasteiger partial charge on any atom is -0.497 e. The fourth-order valence-electron chi connectivity index (χ4n) is 3.16. The highest BCUT2D eigenvalue weighted by molar-refractivity contribution is 9.10. The van der Waals surface area contributed by atoms with Crippen LogP contribution in [0.4, 0.5) is 11.5 Å². The van der Waals surface area contributed by atoms with E-state index in [1.165, 1.54) is 0 Å². The quantitative estimate of drug-likeness (QED) is 0.607. The molecule has 1 aliphatic heterocycles. The Bertz CT molecular complexity index is 956. The summed E-state index contributed by atoms with van der Waals surface area (Å²) in [4.78, 5) is 13.5. The van der Waals surface area contributed by atoms with Gasteiger partial charge in [0.05, 0.1) is 26.2 Å². The van der Waals surface area contributed by atoms with Gasteiger partial charge in [0.2, 0.25) is 4.73 Å². The van der Waals surface area contributed by atoms with Gasteiger partial charge in [-0.1, -0.05) is 0 Å². The Labute approximate surface area is 165 Å². The third kappa shape index (κ3) is 3.57. The average molecular weight is 434 g/mol. The highest BCUT2D eigenvalue weighted by Crippen LogP contribution is 2.34.